The molecule has 1 aromatic carbocycles. The third-order valence-electron chi connectivity index (χ3n) is 2.51. The second kappa shape index (κ2) is 5.56. The summed E-state index contributed by atoms with van der Waals surface area (Å²) in [6, 6.07) is 5.36. The molecule has 0 atom stereocenters. The summed E-state index contributed by atoms with van der Waals surface area (Å²) in [5.41, 5.74) is 2.14. The normalized spacial score (nSPS) is 11.4. The van der Waals surface area contributed by atoms with E-state index >= 15 is 0 Å². The number of nitrogens with zero attached hydrogens (tertiary/aromatic N) is 2. The van der Waals surface area contributed by atoms with Crippen LogP contribution in [-0.2, 0) is 11.3 Å². The Hall–Kier alpha value is -1.63. The summed E-state index contributed by atoms with van der Waals surface area (Å²) in [5.74, 6) is -1.21. The van der Waals surface area contributed by atoms with Crippen molar-refractivity contribution in [1.29, 1.82) is 0 Å². The Balaban J connectivity index is 2.45. The molecule has 0 aliphatic carbocycles. The zero-order valence-corrected chi connectivity index (χ0v) is 11.0. The maximum Gasteiger partial charge on any atom is 0.313 e. The van der Waals surface area contributed by atoms with Gasteiger partial charge in [-0.05, 0) is 24.6 Å². The van der Waals surface area contributed by atoms with E-state index in [1.807, 2.05) is 13.0 Å². The first-order chi connectivity index (χ1) is 8.97. The van der Waals surface area contributed by atoms with Crippen molar-refractivity contribution in [3.8, 4) is 0 Å². The Kier molecular flexibility index (Phi) is 4.04. The van der Waals surface area contributed by atoms with Crippen molar-refractivity contribution in [2.24, 2.45) is 0 Å². The SMILES string of the molecule is Cc1ccc2nc(SCC(=O)O)n(CC(F)F)c2c1. The highest BCUT2D eigenvalue weighted by molar-refractivity contribution is 7.99. The van der Waals surface area contributed by atoms with Crippen LogP contribution in [0.15, 0.2) is 23.4 Å². The number of rotatable bonds is 5. The number of halogens is 2. The minimum Gasteiger partial charge on any atom is -0.481 e. The number of carbonyl (C=O) groups is 1. The maximum atomic E-state index is 12.6. The van der Waals surface area contributed by atoms with Crippen molar-refractivity contribution in [2.45, 2.75) is 25.1 Å². The van der Waals surface area contributed by atoms with Crippen molar-refractivity contribution in [3.63, 3.8) is 0 Å². The third kappa shape index (κ3) is 3.23. The molecular formula is C12H12F2N2O2S. The number of aryl methyl sites for hydroxylation is 1. The highest BCUT2D eigenvalue weighted by atomic mass is 32.2. The average molecular weight is 286 g/mol. The number of benzene rings is 1. The van der Waals surface area contributed by atoms with E-state index in [1.165, 1.54) is 4.57 Å². The van der Waals surface area contributed by atoms with Gasteiger partial charge in [0.2, 0.25) is 0 Å². The van der Waals surface area contributed by atoms with Gasteiger partial charge in [0.15, 0.2) is 5.16 Å². The van der Waals surface area contributed by atoms with Gasteiger partial charge in [-0.25, -0.2) is 13.8 Å². The zero-order valence-electron chi connectivity index (χ0n) is 10.1. The Morgan fingerprint density at radius 1 is 1.53 bits per heavy atom. The van der Waals surface area contributed by atoms with E-state index < -0.39 is 18.9 Å². The Labute approximate surface area is 112 Å². The molecule has 0 saturated carbocycles. The summed E-state index contributed by atoms with van der Waals surface area (Å²) in [6.45, 7) is 1.38. The first-order valence-corrected chi connectivity index (χ1v) is 6.55. The number of aliphatic carboxylic acids is 1. The smallest absolute Gasteiger partial charge is 0.313 e. The minimum absolute atomic E-state index is 0.203. The van der Waals surface area contributed by atoms with E-state index in [1.54, 1.807) is 12.1 Å². The zero-order chi connectivity index (χ0) is 14.0. The molecule has 1 N–H and O–H groups in total. The van der Waals surface area contributed by atoms with Crippen LogP contribution in [0.2, 0.25) is 0 Å². The van der Waals surface area contributed by atoms with Crippen molar-refractivity contribution >= 4 is 28.8 Å². The number of thioether (sulfide) groups is 1. The van der Waals surface area contributed by atoms with Gasteiger partial charge in [0.25, 0.3) is 6.43 Å². The average Bonchev–Trinajstić information content (AvgIpc) is 2.64. The number of hydrogen-bond acceptors (Lipinski definition) is 3. The predicted molar refractivity (Wildman–Crippen MR) is 68.8 cm³/mol. The van der Waals surface area contributed by atoms with Crippen LogP contribution < -0.4 is 0 Å². The lowest BCUT2D eigenvalue weighted by atomic mass is 10.2. The largest absolute Gasteiger partial charge is 0.481 e. The van der Waals surface area contributed by atoms with E-state index in [0.29, 0.717) is 16.2 Å². The van der Waals surface area contributed by atoms with Crippen molar-refractivity contribution in [3.05, 3.63) is 23.8 Å². The lowest BCUT2D eigenvalue weighted by Gasteiger charge is -2.07. The van der Waals surface area contributed by atoms with Crippen LogP contribution in [0.5, 0.6) is 0 Å². The van der Waals surface area contributed by atoms with Gasteiger partial charge in [-0.1, -0.05) is 17.8 Å². The van der Waals surface area contributed by atoms with Gasteiger partial charge in [-0.15, -0.1) is 0 Å². The summed E-state index contributed by atoms with van der Waals surface area (Å²) in [6.07, 6.45) is -2.51. The lowest BCUT2D eigenvalue weighted by molar-refractivity contribution is -0.133. The van der Waals surface area contributed by atoms with Crippen LogP contribution in [0.25, 0.3) is 11.0 Å². The fraction of sp³-hybridized carbons (Fsp3) is 0.333. The molecule has 0 radical (unpaired) electrons. The molecule has 0 amide bonds. The maximum absolute atomic E-state index is 12.6. The van der Waals surface area contributed by atoms with Crippen LogP contribution in [0.4, 0.5) is 8.78 Å². The number of alkyl halides is 2. The summed E-state index contributed by atoms with van der Waals surface area (Å²) >= 11 is 0.948. The lowest BCUT2D eigenvalue weighted by Crippen LogP contribution is -2.09. The first-order valence-electron chi connectivity index (χ1n) is 5.57. The molecule has 0 spiro atoms. The molecule has 1 heterocycles. The van der Waals surface area contributed by atoms with Gasteiger partial charge in [-0.3, -0.25) is 4.79 Å². The molecule has 0 bridgehead atoms. The predicted octanol–water partition coefficient (Wildman–Crippen LogP) is 2.79. The molecular weight excluding hydrogens is 274 g/mol. The van der Waals surface area contributed by atoms with Crippen LogP contribution in [0, 0.1) is 6.92 Å². The second-order valence-corrected chi connectivity index (χ2v) is 5.01. The van der Waals surface area contributed by atoms with Crippen LogP contribution in [-0.4, -0.2) is 32.8 Å². The molecule has 19 heavy (non-hydrogen) atoms. The van der Waals surface area contributed by atoms with Crippen molar-refractivity contribution in [1.82, 2.24) is 9.55 Å². The molecule has 7 heteroatoms. The van der Waals surface area contributed by atoms with Crippen LogP contribution in [0.3, 0.4) is 0 Å². The quantitative estimate of drug-likeness (QED) is 0.859. The second-order valence-electron chi connectivity index (χ2n) is 4.07. The fourth-order valence-electron chi connectivity index (χ4n) is 1.76. The number of hydrogen-bond donors (Lipinski definition) is 1. The fourth-order valence-corrected chi connectivity index (χ4v) is 2.51. The summed E-state index contributed by atoms with van der Waals surface area (Å²) in [4.78, 5) is 14.8. The number of imidazole rings is 1. The van der Waals surface area contributed by atoms with Crippen LogP contribution in [0.1, 0.15) is 5.56 Å². The Bertz CT molecular complexity index is 613. The highest BCUT2D eigenvalue weighted by Crippen LogP contribution is 2.25. The van der Waals surface area contributed by atoms with E-state index in [4.69, 9.17) is 5.11 Å². The Morgan fingerprint density at radius 2 is 2.26 bits per heavy atom. The van der Waals surface area contributed by atoms with Crippen LogP contribution >= 0.6 is 11.8 Å². The van der Waals surface area contributed by atoms with Gasteiger partial charge in [0, 0.05) is 0 Å². The molecule has 1 aromatic heterocycles. The topological polar surface area (TPSA) is 55.1 Å². The van der Waals surface area contributed by atoms with E-state index in [-0.39, 0.29) is 5.75 Å². The molecule has 4 nitrogen and oxygen atoms in total. The molecule has 102 valence electrons. The van der Waals surface area contributed by atoms with E-state index in [0.717, 1.165) is 17.3 Å². The van der Waals surface area contributed by atoms with Gasteiger partial charge in [-0.2, -0.15) is 0 Å². The first kappa shape index (κ1) is 13.8. The summed E-state index contributed by atoms with van der Waals surface area (Å²) in [5, 5.41) is 8.97. The van der Waals surface area contributed by atoms with Gasteiger partial charge in [0.1, 0.15) is 0 Å². The third-order valence-corrected chi connectivity index (χ3v) is 3.48. The number of carboxylic acid groups (broad SMARTS) is 1. The minimum atomic E-state index is -2.51. The number of carboxylic acids is 1. The van der Waals surface area contributed by atoms with Crippen molar-refractivity contribution in [2.75, 3.05) is 5.75 Å². The Morgan fingerprint density at radius 3 is 2.89 bits per heavy atom. The van der Waals surface area contributed by atoms with Gasteiger partial charge < -0.3 is 9.67 Å². The van der Waals surface area contributed by atoms with Gasteiger partial charge >= 0.3 is 5.97 Å². The molecule has 2 aromatic rings. The number of aromatic nitrogens is 2. The molecule has 0 saturated heterocycles. The molecule has 2 rings (SSSR count). The highest BCUT2D eigenvalue weighted by Gasteiger charge is 2.16. The standard InChI is InChI=1S/C12H12F2N2O2S/c1-7-2-3-8-9(4-7)16(5-10(13)14)12(15-8)19-6-11(17)18/h2-4,10H,5-6H2,1H3,(H,17,18). The molecule has 0 fully saturated rings. The monoisotopic (exact) mass is 286 g/mol. The van der Waals surface area contributed by atoms with E-state index in [2.05, 4.69) is 4.98 Å². The van der Waals surface area contributed by atoms with E-state index in [9.17, 15) is 13.6 Å². The molecule has 0 aliphatic rings. The molecule has 0 unspecified atom stereocenters. The summed E-state index contributed by atoms with van der Waals surface area (Å²) in [7, 11) is 0. The van der Waals surface area contributed by atoms with Gasteiger partial charge in [0.05, 0.1) is 23.3 Å². The molecule has 0 aliphatic heterocycles. The number of fused-ring (bicyclic) bond motifs is 1. The summed E-state index contributed by atoms with van der Waals surface area (Å²) < 4.78 is 26.6. The van der Waals surface area contributed by atoms with Crippen molar-refractivity contribution < 1.29 is 18.7 Å².